The van der Waals surface area contributed by atoms with E-state index in [2.05, 4.69) is 5.32 Å². The first-order chi connectivity index (χ1) is 9.18. The molecule has 0 bridgehead atoms. The van der Waals surface area contributed by atoms with Crippen LogP contribution in [0.3, 0.4) is 0 Å². The van der Waals surface area contributed by atoms with Gasteiger partial charge in [-0.1, -0.05) is 0 Å². The lowest BCUT2D eigenvalue weighted by Gasteiger charge is -2.10. The molecular weight excluding hydrogens is 270 g/mol. The molecule has 1 aliphatic rings. The lowest BCUT2D eigenvalue weighted by atomic mass is 10.2. The summed E-state index contributed by atoms with van der Waals surface area (Å²) in [4.78, 5) is 21.6. The zero-order valence-corrected chi connectivity index (χ0v) is 11.7. The summed E-state index contributed by atoms with van der Waals surface area (Å²) in [5, 5.41) is 11.1. The lowest BCUT2D eigenvalue weighted by molar-refractivity contribution is -0.133. The van der Waals surface area contributed by atoms with Gasteiger partial charge in [-0.2, -0.15) is 0 Å². The van der Waals surface area contributed by atoms with E-state index >= 15 is 0 Å². The number of carboxylic acid groups (broad SMARTS) is 1. The molecule has 0 spiro atoms. The van der Waals surface area contributed by atoms with Crippen LogP contribution in [0.2, 0.25) is 0 Å². The van der Waals surface area contributed by atoms with Crippen LogP contribution in [-0.4, -0.2) is 61.0 Å². The van der Waals surface area contributed by atoms with Gasteiger partial charge in [-0.15, -0.1) is 11.8 Å². The van der Waals surface area contributed by atoms with Crippen molar-refractivity contribution in [2.75, 3.05) is 37.9 Å². The first kappa shape index (κ1) is 16.3. The molecule has 0 saturated carbocycles. The maximum Gasteiger partial charge on any atom is 0.313 e. The van der Waals surface area contributed by atoms with Gasteiger partial charge < -0.3 is 19.9 Å². The molecule has 0 aromatic heterocycles. The summed E-state index contributed by atoms with van der Waals surface area (Å²) in [6.07, 6.45) is 2.64. The van der Waals surface area contributed by atoms with E-state index in [4.69, 9.17) is 14.6 Å². The zero-order chi connectivity index (χ0) is 13.9. The van der Waals surface area contributed by atoms with Gasteiger partial charge in [0.1, 0.15) is 0 Å². The first-order valence-electron chi connectivity index (χ1n) is 6.44. The van der Waals surface area contributed by atoms with E-state index < -0.39 is 5.97 Å². The Kier molecular flexibility index (Phi) is 8.61. The molecule has 1 aliphatic heterocycles. The van der Waals surface area contributed by atoms with E-state index in [1.807, 2.05) is 0 Å². The highest BCUT2D eigenvalue weighted by atomic mass is 32.2. The second kappa shape index (κ2) is 10.1. The van der Waals surface area contributed by atoms with E-state index in [0.717, 1.165) is 19.4 Å². The molecule has 0 aromatic rings. The molecule has 1 atom stereocenters. The minimum atomic E-state index is -0.834. The summed E-state index contributed by atoms with van der Waals surface area (Å²) in [5.74, 6) is -0.225. The van der Waals surface area contributed by atoms with Crippen LogP contribution in [-0.2, 0) is 19.1 Å². The summed E-state index contributed by atoms with van der Waals surface area (Å²) in [7, 11) is 0. The fraction of sp³-hybridized carbons (Fsp3) is 0.833. The molecule has 19 heavy (non-hydrogen) atoms. The van der Waals surface area contributed by atoms with Gasteiger partial charge in [0.05, 0.1) is 25.1 Å². The number of hydrogen-bond acceptors (Lipinski definition) is 5. The maximum absolute atomic E-state index is 11.4. The highest BCUT2D eigenvalue weighted by molar-refractivity contribution is 7.99. The van der Waals surface area contributed by atoms with Crippen molar-refractivity contribution in [2.24, 2.45) is 0 Å². The molecule has 1 amide bonds. The van der Waals surface area contributed by atoms with Crippen molar-refractivity contribution >= 4 is 23.6 Å². The van der Waals surface area contributed by atoms with Crippen LogP contribution in [0.1, 0.15) is 19.3 Å². The van der Waals surface area contributed by atoms with Crippen molar-refractivity contribution in [1.82, 2.24) is 5.32 Å². The quantitative estimate of drug-likeness (QED) is 0.570. The predicted molar refractivity (Wildman–Crippen MR) is 72.4 cm³/mol. The van der Waals surface area contributed by atoms with Gasteiger partial charge in [-0.05, 0) is 12.8 Å². The van der Waals surface area contributed by atoms with Crippen LogP contribution in [0, 0.1) is 0 Å². The standard InChI is InChI=1S/C12H21NO5S/c14-11(13-4-7-19-9-12(15)16)3-6-17-8-10-2-1-5-18-10/h10H,1-9H2,(H,13,14)(H,15,16). The van der Waals surface area contributed by atoms with E-state index in [-0.39, 0.29) is 17.8 Å². The van der Waals surface area contributed by atoms with E-state index in [1.165, 1.54) is 11.8 Å². The van der Waals surface area contributed by atoms with Crippen molar-refractivity contribution < 1.29 is 24.2 Å². The van der Waals surface area contributed by atoms with Crippen LogP contribution in [0.4, 0.5) is 0 Å². The minimum Gasteiger partial charge on any atom is -0.481 e. The molecule has 6 nitrogen and oxygen atoms in total. The molecule has 0 aromatic carbocycles. The fourth-order valence-corrected chi connectivity index (χ4v) is 2.23. The number of ether oxygens (including phenoxy) is 2. The highest BCUT2D eigenvalue weighted by Gasteiger charge is 2.15. The average Bonchev–Trinajstić information content (AvgIpc) is 2.87. The van der Waals surface area contributed by atoms with Crippen molar-refractivity contribution in [1.29, 1.82) is 0 Å². The summed E-state index contributed by atoms with van der Waals surface area (Å²) < 4.78 is 10.8. The molecule has 110 valence electrons. The third-order valence-electron chi connectivity index (χ3n) is 2.60. The zero-order valence-electron chi connectivity index (χ0n) is 10.9. The number of amides is 1. The second-order valence-electron chi connectivity index (χ2n) is 4.26. The fourth-order valence-electron chi connectivity index (χ4n) is 1.67. The van der Waals surface area contributed by atoms with Crippen molar-refractivity contribution in [3.05, 3.63) is 0 Å². The average molecular weight is 291 g/mol. The Balaban J connectivity index is 1.86. The van der Waals surface area contributed by atoms with Crippen molar-refractivity contribution in [3.8, 4) is 0 Å². The molecule has 1 fully saturated rings. The topological polar surface area (TPSA) is 84.9 Å². The smallest absolute Gasteiger partial charge is 0.313 e. The lowest BCUT2D eigenvalue weighted by Crippen LogP contribution is -2.27. The Morgan fingerprint density at radius 1 is 1.47 bits per heavy atom. The molecule has 7 heteroatoms. The van der Waals surface area contributed by atoms with Gasteiger partial charge in [0, 0.05) is 25.3 Å². The molecule has 1 heterocycles. The summed E-state index contributed by atoms with van der Waals surface area (Å²) in [5.41, 5.74) is 0. The normalized spacial score (nSPS) is 18.4. The Bertz CT molecular complexity index is 281. The largest absolute Gasteiger partial charge is 0.481 e. The molecule has 0 aliphatic carbocycles. The Morgan fingerprint density at radius 2 is 2.32 bits per heavy atom. The molecular formula is C12H21NO5S. The third-order valence-corrected chi connectivity index (χ3v) is 3.54. The number of hydrogen-bond donors (Lipinski definition) is 2. The molecule has 2 N–H and O–H groups in total. The SMILES string of the molecule is O=C(O)CSCCNC(=O)CCOCC1CCCO1. The monoisotopic (exact) mass is 291 g/mol. The number of carboxylic acids is 1. The molecule has 0 radical (unpaired) electrons. The number of rotatable bonds is 10. The van der Waals surface area contributed by atoms with Crippen molar-refractivity contribution in [3.63, 3.8) is 0 Å². The van der Waals surface area contributed by atoms with Gasteiger partial charge in [-0.3, -0.25) is 9.59 Å². The number of nitrogens with one attached hydrogen (secondary N) is 1. The van der Waals surface area contributed by atoms with Gasteiger partial charge >= 0.3 is 5.97 Å². The molecule has 1 unspecified atom stereocenters. The third kappa shape index (κ3) is 8.85. The van der Waals surface area contributed by atoms with Crippen molar-refractivity contribution in [2.45, 2.75) is 25.4 Å². The van der Waals surface area contributed by atoms with Crippen LogP contribution < -0.4 is 5.32 Å². The summed E-state index contributed by atoms with van der Waals surface area (Å²) >= 11 is 1.29. The second-order valence-corrected chi connectivity index (χ2v) is 5.36. The van der Waals surface area contributed by atoms with Gasteiger partial charge in [0.15, 0.2) is 0 Å². The number of thioether (sulfide) groups is 1. The maximum atomic E-state index is 11.4. The summed E-state index contributed by atoms with van der Waals surface area (Å²) in [6, 6.07) is 0. The Labute approximate surface area is 117 Å². The molecule has 1 rings (SSSR count). The number of carbonyl (C=O) groups is 2. The number of aliphatic carboxylic acids is 1. The Morgan fingerprint density at radius 3 is 3.00 bits per heavy atom. The van der Waals surface area contributed by atoms with Crippen LogP contribution in [0.5, 0.6) is 0 Å². The van der Waals surface area contributed by atoms with E-state index in [9.17, 15) is 9.59 Å². The molecule has 1 saturated heterocycles. The minimum absolute atomic E-state index is 0.0664. The van der Waals surface area contributed by atoms with E-state index in [1.54, 1.807) is 0 Å². The van der Waals surface area contributed by atoms with Gasteiger partial charge in [-0.25, -0.2) is 0 Å². The van der Waals surface area contributed by atoms with Crippen LogP contribution in [0.15, 0.2) is 0 Å². The summed E-state index contributed by atoms with van der Waals surface area (Å²) in [6.45, 7) is 2.25. The van der Waals surface area contributed by atoms with Gasteiger partial charge in [0.2, 0.25) is 5.91 Å². The predicted octanol–water partition coefficient (Wildman–Crippen LogP) is 0.506. The Hall–Kier alpha value is -0.790. The number of carbonyl (C=O) groups excluding carboxylic acids is 1. The highest BCUT2D eigenvalue weighted by Crippen LogP contribution is 2.11. The first-order valence-corrected chi connectivity index (χ1v) is 7.59. The van der Waals surface area contributed by atoms with Crippen LogP contribution >= 0.6 is 11.8 Å². The van der Waals surface area contributed by atoms with E-state index in [0.29, 0.717) is 31.9 Å². The van der Waals surface area contributed by atoms with Gasteiger partial charge in [0.25, 0.3) is 0 Å². The van der Waals surface area contributed by atoms with Crippen LogP contribution in [0.25, 0.3) is 0 Å².